The van der Waals surface area contributed by atoms with Gasteiger partial charge in [0.05, 0.1) is 0 Å². The zero-order chi connectivity index (χ0) is 24.2. The Morgan fingerprint density at radius 2 is 1.66 bits per heavy atom. The van der Waals surface area contributed by atoms with Gasteiger partial charge in [-0.2, -0.15) is 0 Å². The lowest BCUT2D eigenvalue weighted by atomic mass is 9.95. The summed E-state index contributed by atoms with van der Waals surface area (Å²) in [6.07, 6.45) is 1.79. The molecule has 0 aliphatic carbocycles. The van der Waals surface area contributed by atoms with Gasteiger partial charge in [-0.3, -0.25) is 9.69 Å². The number of halogens is 1. The van der Waals surface area contributed by atoms with E-state index in [9.17, 15) is 4.79 Å². The van der Waals surface area contributed by atoms with E-state index in [1.807, 2.05) is 18.2 Å². The lowest BCUT2D eigenvalue weighted by Crippen LogP contribution is -2.40. The maximum absolute atomic E-state index is 12.8. The van der Waals surface area contributed by atoms with Crippen LogP contribution >= 0.6 is 11.6 Å². The second kappa shape index (κ2) is 10.7. The fraction of sp³-hybridized carbons (Fsp3) is 0.300. The lowest BCUT2D eigenvalue weighted by molar-refractivity contribution is -0.126. The van der Waals surface area contributed by atoms with E-state index in [1.54, 1.807) is 0 Å². The Bertz CT molecular complexity index is 1300. The largest absolute Gasteiger partial charge is 0.352 e. The van der Waals surface area contributed by atoms with Gasteiger partial charge >= 0.3 is 0 Å². The highest BCUT2D eigenvalue weighted by Gasteiger charge is 2.25. The number of para-hydroxylation sites is 1. The van der Waals surface area contributed by atoms with E-state index < -0.39 is 0 Å². The van der Waals surface area contributed by atoms with Crippen LogP contribution in [-0.4, -0.2) is 28.5 Å². The molecular weight excluding hydrogens is 454 g/mol. The Kier molecular flexibility index (Phi) is 7.21. The third kappa shape index (κ3) is 5.61. The average Bonchev–Trinajstić information content (AvgIpc) is 3.22. The monoisotopic (exact) mass is 485 g/mol. The van der Waals surface area contributed by atoms with E-state index in [0.717, 1.165) is 55.2 Å². The molecule has 180 valence electrons. The number of rotatable bonds is 7. The van der Waals surface area contributed by atoms with Crippen molar-refractivity contribution < 1.29 is 4.79 Å². The molecule has 1 aromatic heterocycles. The molecule has 1 aliphatic heterocycles. The summed E-state index contributed by atoms with van der Waals surface area (Å²) in [5.41, 5.74) is 6.02. The summed E-state index contributed by atoms with van der Waals surface area (Å²) >= 11 is 6.49. The Hall–Kier alpha value is -3.08. The van der Waals surface area contributed by atoms with Gasteiger partial charge in [-0.25, -0.2) is 0 Å². The summed E-state index contributed by atoms with van der Waals surface area (Å²) in [6.45, 7) is 6.15. The molecule has 5 rings (SSSR count). The molecular formula is C30H32ClN3O. The normalized spacial score (nSPS) is 14.9. The van der Waals surface area contributed by atoms with Crippen LogP contribution in [0.25, 0.3) is 10.9 Å². The van der Waals surface area contributed by atoms with Crippen LogP contribution in [0.15, 0.2) is 78.9 Å². The second-order valence-corrected chi connectivity index (χ2v) is 10.0. The van der Waals surface area contributed by atoms with Crippen LogP contribution in [0.5, 0.6) is 0 Å². The van der Waals surface area contributed by atoms with Gasteiger partial charge in [0.25, 0.3) is 0 Å². The minimum Gasteiger partial charge on any atom is -0.352 e. The molecule has 5 heteroatoms. The van der Waals surface area contributed by atoms with Crippen molar-refractivity contribution in [1.29, 1.82) is 0 Å². The van der Waals surface area contributed by atoms with Crippen LogP contribution in [0, 0.1) is 12.8 Å². The smallest absolute Gasteiger partial charge is 0.223 e. The molecule has 4 aromatic rings. The van der Waals surface area contributed by atoms with Gasteiger partial charge in [-0.15, -0.1) is 0 Å². The van der Waals surface area contributed by atoms with Crippen molar-refractivity contribution in [3.05, 3.63) is 106 Å². The summed E-state index contributed by atoms with van der Waals surface area (Å²) in [4.78, 5) is 15.2. The highest BCUT2D eigenvalue weighted by molar-refractivity contribution is 6.31. The number of nitrogens with one attached hydrogen (secondary N) is 1. The van der Waals surface area contributed by atoms with Crippen molar-refractivity contribution in [3.8, 4) is 0 Å². The fourth-order valence-electron chi connectivity index (χ4n) is 5.00. The summed E-state index contributed by atoms with van der Waals surface area (Å²) in [6, 6.07) is 27.2. The van der Waals surface area contributed by atoms with Gasteiger partial charge in [-0.1, -0.05) is 77.8 Å². The molecule has 0 bridgehead atoms. The van der Waals surface area contributed by atoms with Crippen LogP contribution in [0.3, 0.4) is 0 Å². The minimum absolute atomic E-state index is 0.0886. The number of benzene rings is 3. The van der Waals surface area contributed by atoms with Crippen LogP contribution in [0.1, 0.15) is 35.2 Å². The van der Waals surface area contributed by atoms with Crippen LogP contribution in [0.4, 0.5) is 0 Å². The maximum atomic E-state index is 12.8. The number of fused-ring (bicyclic) bond motifs is 1. The predicted molar refractivity (Wildman–Crippen MR) is 144 cm³/mol. The second-order valence-electron chi connectivity index (χ2n) is 9.63. The Balaban J connectivity index is 1.22. The first kappa shape index (κ1) is 23.7. The highest BCUT2D eigenvalue weighted by atomic mass is 35.5. The van der Waals surface area contributed by atoms with Gasteiger partial charge in [0.1, 0.15) is 0 Å². The molecule has 1 N–H and O–H groups in total. The molecule has 0 radical (unpaired) electrons. The third-order valence-corrected chi connectivity index (χ3v) is 7.48. The van der Waals surface area contributed by atoms with Crippen molar-refractivity contribution >= 4 is 28.4 Å². The number of nitrogens with zero attached hydrogens (tertiary/aromatic N) is 2. The summed E-state index contributed by atoms with van der Waals surface area (Å²) in [5.74, 6) is 0.267. The fourth-order valence-corrected chi connectivity index (χ4v) is 5.20. The van der Waals surface area contributed by atoms with E-state index in [0.29, 0.717) is 6.54 Å². The Morgan fingerprint density at radius 1 is 0.943 bits per heavy atom. The van der Waals surface area contributed by atoms with Crippen molar-refractivity contribution in [3.63, 3.8) is 0 Å². The summed E-state index contributed by atoms with van der Waals surface area (Å²) in [5, 5.41) is 5.19. The quantitative estimate of drug-likeness (QED) is 0.339. The van der Waals surface area contributed by atoms with Crippen molar-refractivity contribution in [2.24, 2.45) is 5.92 Å². The number of carbonyl (C=O) groups is 1. The zero-order valence-electron chi connectivity index (χ0n) is 20.2. The topological polar surface area (TPSA) is 37.3 Å². The van der Waals surface area contributed by atoms with E-state index in [4.69, 9.17) is 11.6 Å². The molecule has 2 heterocycles. The number of aryl methyl sites for hydroxylation is 1. The first-order valence-corrected chi connectivity index (χ1v) is 12.8. The Morgan fingerprint density at radius 3 is 2.43 bits per heavy atom. The van der Waals surface area contributed by atoms with Gasteiger partial charge in [0, 0.05) is 41.8 Å². The maximum Gasteiger partial charge on any atom is 0.223 e. The first-order chi connectivity index (χ1) is 17.1. The van der Waals surface area contributed by atoms with E-state index in [-0.39, 0.29) is 11.8 Å². The molecule has 1 fully saturated rings. The van der Waals surface area contributed by atoms with Crippen molar-refractivity contribution in [2.75, 3.05) is 13.1 Å². The molecule has 0 spiro atoms. The molecule has 1 aliphatic rings. The molecule has 4 nitrogen and oxygen atoms in total. The Labute approximate surface area is 212 Å². The third-order valence-electron chi connectivity index (χ3n) is 7.11. The molecule has 1 amide bonds. The van der Waals surface area contributed by atoms with Gasteiger partial charge in [-0.05, 0) is 67.6 Å². The van der Waals surface area contributed by atoms with Crippen molar-refractivity contribution in [2.45, 2.75) is 39.4 Å². The number of likely N-dealkylation sites (tertiary alicyclic amines) is 1. The van der Waals surface area contributed by atoms with Gasteiger partial charge in [0.2, 0.25) is 5.91 Å². The van der Waals surface area contributed by atoms with Crippen LogP contribution < -0.4 is 5.32 Å². The molecule has 35 heavy (non-hydrogen) atoms. The molecule has 0 atom stereocenters. The van der Waals surface area contributed by atoms with Crippen molar-refractivity contribution in [1.82, 2.24) is 14.8 Å². The summed E-state index contributed by atoms with van der Waals surface area (Å²) < 4.78 is 2.39. The number of amides is 1. The number of aromatic nitrogens is 1. The first-order valence-electron chi connectivity index (χ1n) is 12.4. The summed E-state index contributed by atoms with van der Waals surface area (Å²) in [7, 11) is 0. The van der Waals surface area contributed by atoms with Crippen LogP contribution in [0.2, 0.25) is 5.02 Å². The van der Waals surface area contributed by atoms with E-state index in [2.05, 4.69) is 82.4 Å². The average molecular weight is 486 g/mol. The number of hydrogen-bond donors (Lipinski definition) is 1. The molecule has 0 unspecified atom stereocenters. The number of hydrogen-bond acceptors (Lipinski definition) is 2. The SMILES string of the molecule is Cc1ccc(CNC(=O)C2CCN(Cc3cc4ccccc4n3Cc3ccccc3Cl)CC2)cc1. The van der Waals surface area contributed by atoms with E-state index >= 15 is 0 Å². The van der Waals surface area contributed by atoms with E-state index in [1.165, 1.54) is 22.2 Å². The highest BCUT2D eigenvalue weighted by Crippen LogP contribution is 2.26. The van der Waals surface area contributed by atoms with Gasteiger partial charge in [0.15, 0.2) is 0 Å². The molecule has 1 saturated heterocycles. The lowest BCUT2D eigenvalue weighted by Gasteiger charge is -2.31. The standard InChI is InChI=1S/C30H32ClN3O/c1-22-10-12-23(13-11-22)19-32-30(35)24-14-16-33(17-15-24)21-27-18-25-6-3-5-9-29(25)34(27)20-26-7-2-4-8-28(26)31/h2-13,18,24H,14-17,19-21H2,1H3,(H,32,35). The number of piperidine rings is 1. The predicted octanol–water partition coefficient (Wildman–Crippen LogP) is 6.18. The minimum atomic E-state index is 0.0886. The molecule has 3 aromatic carbocycles. The van der Waals surface area contributed by atoms with Crippen LogP contribution in [-0.2, 0) is 24.4 Å². The van der Waals surface area contributed by atoms with Gasteiger partial charge < -0.3 is 9.88 Å². The number of carbonyl (C=O) groups excluding carboxylic acids is 1. The molecule has 0 saturated carbocycles. The zero-order valence-corrected chi connectivity index (χ0v) is 21.0.